The van der Waals surface area contributed by atoms with E-state index in [4.69, 9.17) is 0 Å². The van der Waals surface area contributed by atoms with Gasteiger partial charge in [-0.05, 0) is 58.0 Å². The van der Waals surface area contributed by atoms with E-state index in [1.165, 1.54) is 25.7 Å². The van der Waals surface area contributed by atoms with E-state index < -0.39 is 0 Å². The molecule has 5 heteroatoms. The molecule has 0 heterocycles. The fourth-order valence-electron chi connectivity index (χ4n) is 2.60. The van der Waals surface area contributed by atoms with Gasteiger partial charge >= 0.3 is 0 Å². The molecule has 1 aliphatic carbocycles. The molecular formula is C17H37IN4. The number of likely N-dealkylation sites (N-methyl/N-ethyl adjacent to an activating group) is 1. The van der Waals surface area contributed by atoms with Crippen LogP contribution in [0.1, 0.15) is 53.4 Å². The Morgan fingerprint density at radius 3 is 2.27 bits per heavy atom. The van der Waals surface area contributed by atoms with Crippen molar-refractivity contribution in [3.8, 4) is 0 Å². The Hall–Kier alpha value is -0.0400. The van der Waals surface area contributed by atoms with Crippen molar-refractivity contribution < 1.29 is 0 Å². The molecule has 1 saturated carbocycles. The van der Waals surface area contributed by atoms with Crippen LogP contribution in [-0.4, -0.2) is 50.6 Å². The summed E-state index contributed by atoms with van der Waals surface area (Å²) in [6.07, 6.45) is 5.14. The molecule has 22 heavy (non-hydrogen) atoms. The Balaban J connectivity index is 0.00000441. The molecule has 0 amide bonds. The van der Waals surface area contributed by atoms with Gasteiger partial charge in [-0.15, -0.1) is 24.0 Å². The first-order chi connectivity index (χ1) is 9.73. The highest BCUT2D eigenvalue weighted by Gasteiger charge is 2.32. The molecule has 1 aliphatic rings. The van der Waals surface area contributed by atoms with Crippen LogP contribution in [0.25, 0.3) is 0 Å². The third-order valence-electron chi connectivity index (χ3n) is 4.24. The quantitative estimate of drug-likeness (QED) is 0.374. The molecule has 1 fully saturated rings. The molecule has 0 bridgehead atoms. The van der Waals surface area contributed by atoms with Gasteiger partial charge in [-0.3, -0.25) is 4.99 Å². The second-order valence-electron chi connectivity index (χ2n) is 7.97. The maximum Gasteiger partial charge on any atom is 0.191 e. The Labute approximate surface area is 154 Å². The lowest BCUT2D eigenvalue weighted by atomic mass is 9.89. The van der Waals surface area contributed by atoms with Crippen molar-refractivity contribution in [1.29, 1.82) is 0 Å². The highest BCUT2D eigenvalue weighted by atomic mass is 127. The predicted octanol–water partition coefficient (Wildman–Crippen LogP) is 3.32. The van der Waals surface area contributed by atoms with Crippen molar-refractivity contribution in [2.75, 3.05) is 27.7 Å². The first-order valence-electron chi connectivity index (χ1n) is 8.36. The third-order valence-corrected chi connectivity index (χ3v) is 4.24. The number of guanidine groups is 1. The molecule has 0 radical (unpaired) electrons. The Morgan fingerprint density at radius 2 is 1.86 bits per heavy atom. The first-order valence-corrected chi connectivity index (χ1v) is 8.36. The van der Waals surface area contributed by atoms with E-state index in [1.807, 2.05) is 7.05 Å². The summed E-state index contributed by atoms with van der Waals surface area (Å²) >= 11 is 0. The van der Waals surface area contributed by atoms with E-state index in [0.29, 0.717) is 17.5 Å². The topological polar surface area (TPSA) is 39.7 Å². The molecule has 0 spiro atoms. The van der Waals surface area contributed by atoms with Gasteiger partial charge in [0.2, 0.25) is 0 Å². The van der Waals surface area contributed by atoms with Crippen LogP contribution in [0.5, 0.6) is 0 Å². The summed E-state index contributed by atoms with van der Waals surface area (Å²) in [7, 11) is 6.20. The molecule has 1 rings (SSSR count). The maximum absolute atomic E-state index is 4.36. The molecule has 0 aromatic heterocycles. The van der Waals surface area contributed by atoms with Crippen LogP contribution in [0.3, 0.4) is 0 Å². The number of hydrogen-bond donors (Lipinski definition) is 2. The van der Waals surface area contributed by atoms with Gasteiger partial charge in [0.15, 0.2) is 5.96 Å². The largest absolute Gasteiger partial charge is 0.355 e. The van der Waals surface area contributed by atoms with Gasteiger partial charge in [0.05, 0.1) is 0 Å². The summed E-state index contributed by atoms with van der Waals surface area (Å²) in [5.41, 5.74) is 0.398. The molecule has 4 nitrogen and oxygen atoms in total. The van der Waals surface area contributed by atoms with Crippen LogP contribution in [0.4, 0.5) is 0 Å². The molecule has 2 N–H and O–H groups in total. The SMILES string of the molecule is CN=C(NCC(C1CC1)N(C)C)NC(C)CCC(C)(C)C.I. The van der Waals surface area contributed by atoms with E-state index in [0.717, 1.165) is 18.4 Å². The van der Waals surface area contributed by atoms with Crippen molar-refractivity contribution in [2.45, 2.75) is 65.5 Å². The monoisotopic (exact) mass is 424 g/mol. The van der Waals surface area contributed by atoms with Crippen molar-refractivity contribution in [2.24, 2.45) is 16.3 Å². The lowest BCUT2D eigenvalue weighted by Crippen LogP contribution is -2.48. The molecule has 132 valence electrons. The molecule has 0 aromatic carbocycles. The van der Waals surface area contributed by atoms with Crippen LogP contribution in [0.15, 0.2) is 4.99 Å². The Kier molecular flexibility index (Phi) is 9.94. The van der Waals surface area contributed by atoms with Gasteiger partial charge < -0.3 is 15.5 Å². The predicted molar refractivity (Wildman–Crippen MR) is 108 cm³/mol. The van der Waals surface area contributed by atoms with Crippen LogP contribution in [-0.2, 0) is 0 Å². The Morgan fingerprint density at radius 1 is 1.27 bits per heavy atom. The fourth-order valence-corrected chi connectivity index (χ4v) is 2.60. The second-order valence-corrected chi connectivity index (χ2v) is 7.97. The average Bonchev–Trinajstić information content (AvgIpc) is 3.18. The van der Waals surface area contributed by atoms with E-state index in [1.54, 1.807) is 0 Å². The van der Waals surface area contributed by atoms with Gasteiger partial charge in [0.1, 0.15) is 0 Å². The van der Waals surface area contributed by atoms with Crippen LogP contribution in [0, 0.1) is 11.3 Å². The van der Waals surface area contributed by atoms with E-state index in [-0.39, 0.29) is 24.0 Å². The summed E-state index contributed by atoms with van der Waals surface area (Å²) in [6, 6.07) is 1.07. The Bertz CT molecular complexity index is 330. The lowest BCUT2D eigenvalue weighted by Gasteiger charge is -2.27. The standard InChI is InChI=1S/C17H36N4.HI/c1-13(10-11-17(2,3)4)20-16(18-5)19-12-15(21(6)7)14-8-9-14;/h13-15H,8-12H2,1-7H3,(H2,18,19,20);1H. The summed E-state index contributed by atoms with van der Waals surface area (Å²) in [4.78, 5) is 6.69. The van der Waals surface area contributed by atoms with Crippen molar-refractivity contribution in [3.63, 3.8) is 0 Å². The maximum atomic E-state index is 4.36. The average molecular weight is 424 g/mol. The zero-order valence-electron chi connectivity index (χ0n) is 15.6. The zero-order chi connectivity index (χ0) is 16.0. The van der Waals surface area contributed by atoms with Crippen LogP contribution < -0.4 is 10.6 Å². The lowest BCUT2D eigenvalue weighted by molar-refractivity contribution is 0.263. The van der Waals surface area contributed by atoms with Gasteiger partial charge in [-0.2, -0.15) is 0 Å². The number of nitrogens with zero attached hydrogens (tertiary/aromatic N) is 2. The zero-order valence-corrected chi connectivity index (χ0v) is 17.9. The normalized spacial score (nSPS) is 18.6. The van der Waals surface area contributed by atoms with E-state index in [2.05, 4.69) is 62.3 Å². The molecule has 0 aliphatic heterocycles. The second kappa shape index (κ2) is 9.96. The van der Waals surface area contributed by atoms with Gasteiger partial charge in [0, 0.05) is 25.7 Å². The number of rotatable bonds is 7. The first kappa shape index (κ1) is 22.0. The van der Waals surface area contributed by atoms with Crippen molar-refractivity contribution in [1.82, 2.24) is 15.5 Å². The number of aliphatic imine (C=N–C) groups is 1. The number of nitrogens with one attached hydrogen (secondary N) is 2. The summed E-state index contributed by atoms with van der Waals surface area (Å²) < 4.78 is 0. The molecule has 0 saturated heterocycles. The van der Waals surface area contributed by atoms with Crippen molar-refractivity contribution >= 4 is 29.9 Å². The highest BCUT2D eigenvalue weighted by molar-refractivity contribution is 14.0. The van der Waals surface area contributed by atoms with E-state index in [9.17, 15) is 0 Å². The third kappa shape index (κ3) is 9.18. The molecule has 2 unspecified atom stereocenters. The summed E-state index contributed by atoms with van der Waals surface area (Å²) in [5.74, 6) is 1.80. The smallest absolute Gasteiger partial charge is 0.191 e. The summed E-state index contributed by atoms with van der Waals surface area (Å²) in [6.45, 7) is 10.1. The van der Waals surface area contributed by atoms with Gasteiger partial charge in [-0.1, -0.05) is 20.8 Å². The molecule has 2 atom stereocenters. The minimum Gasteiger partial charge on any atom is -0.355 e. The van der Waals surface area contributed by atoms with Crippen LogP contribution in [0.2, 0.25) is 0 Å². The van der Waals surface area contributed by atoms with Gasteiger partial charge in [-0.25, -0.2) is 0 Å². The van der Waals surface area contributed by atoms with Crippen molar-refractivity contribution in [3.05, 3.63) is 0 Å². The van der Waals surface area contributed by atoms with Gasteiger partial charge in [0.25, 0.3) is 0 Å². The summed E-state index contributed by atoms with van der Waals surface area (Å²) in [5, 5.41) is 7.01. The minimum absolute atomic E-state index is 0. The van der Waals surface area contributed by atoms with E-state index >= 15 is 0 Å². The minimum atomic E-state index is 0. The number of halogens is 1. The van der Waals surface area contributed by atoms with Crippen LogP contribution >= 0.6 is 24.0 Å². The fraction of sp³-hybridized carbons (Fsp3) is 0.941. The molecule has 0 aromatic rings. The number of hydrogen-bond acceptors (Lipinski definition) is 2. The molecular weight excluding hydrogens is 387 g/mol. The highest BCUT2D eigenvalue weighted by Crippen LogP contribution is 2.34.